The van der Waals surface area contributed by atoms with Gasteiger partial charge in [-0.2, -0.15) is 0 Å². The summed E-state index contributed by atoms with van der Waals surface area (Å²) < 4.78 is 0. The van der Waals surface area contributed by atoms with Crippen LogP contribution in [0.4, 0.5) is 0 Å². The summed E-state index contributed by atoms with van der Waals surface area (Å²) in [6.45, 7) is 0.235. The van der Waals surface area contributed by atoms with Crippen LogP contribution in [-0.4, -0.2) is 53.1 Å². The lowest BCUT2D eigenvalue weighted by Crippen LogP contribution is -2.54. The van der Waals surface area contributed by atoms with Crippen molar-refractivity contribution in [3.8, 4) is 0 Å². The van der Waals surface area contributed by atoms with Crippen LogP contribution < -0.4 is 10.6 Å². The Labute approximate surface area is 147 Å². The highest BCUT2D eigenvalue weighted by atomic mass is 16.3. The van der Waals surface area contributed by atoms with Crippen LogP contribution in [0.2, 0.25) is 0 Å². The van der Waals surface area contributed by atoms with Gasteiger partial charge in [-0.3, -0.25) is 9.59 Å². The van der Waals surface area contributed by atoms with Crippen LogP contribution >= 0.6 is 0 Å². The van der Waals surface area contributed by atoms with Gasteiger partial charge in [-0.1, -0.05) is 30.3 Å². The van der Waals surface area contributed by atoms with Gasteiger partial charge in [0.05, 0.1) is 17.2 Å². The molecule has 25 heavy (non-hydrogen) atoms. The zero-order valence-corrected chi connectivity index (χ0v) is 14.5. The summed E-state index contributed by atoms with van der Waals surface area (Å²) in [7, 11) is 1.78. The van der Waals surface area contributed by atoms with Gasteiger partial charge in [0.15, 0.2) is 0 Å². The first kappa shape index (κ1) is 16.5. The minimum absolute atomic E-state index is 0.0590. The Bertz CT molecular complexity index is 682. The third-order valence-corrected chi connectivity index (χ3v) is 5.92. The lowest BCUT2D eigenvalue weighted by Gasteiger charge is -2.29. The Morgan fingerprint density at radius 2 is 1.84 bits per heavy atom. The predicted molar refractivity (Wildman–Crippen MR) is 92.6 cm³/mol. The third-order valence-electron chi connectivity index (χ3n) is 5.92. The van der Waals surface area contributed by atoms with Crippen LogP contribution in [0.25, 0.3) is 0 Å². The van der Waals surface area contributed by atoms with Crippen LogP contribution in [-0.2, 0) is 15.1 Å². The monoisotopic (exact) mass is 343 g/mol. The van der Waals surface area contributed by atoms with Gasteiger partial charge in [0, 0.05) is 13.0 Å². The second kappa shape index (κ2) is 5.81. The van der Waals surface area contributed by atoms with Crippen molar-refractivity contribution in [1.29, 1.82) is 0 Å². The van der Waals surface area contributed by atoms with Crippen LogP contribution in [0, 0.1) is 0 Å². The fourth-order valence-electron chi connectivity index (χ4n) is 3.94. The van der Waals surface area contributed by atoms with Crippen molar-refractivity contribution in [2.24, 2.45) is 0 Å². The van der Waals surface area contributed by atoms with E-state index in [1.54, 1.807) is 11.9 Å². The number of benzene rings is 1. The van der Waals surface area contributed by atoms with E-state index >= 15 is 0 Å². The van der Waals surface area contributed by atoms with E-state index in [2.05, 4.69) is 10.6 Å². The molecule has 2 amide bonds. The molecular weight excluding hydrogens is 318 g/mol. The number of aliphatic hydroxyl groups excluding tert-OH is 1. The van der Waals surface area contributed by atoms with Gasteiger partial charge in [-0.15, -0.1) is 0 Å². The quantitative estimate of drug-likeness (QED) is 0.727. The first-order valence-corrected chi connectivity index (χ1v) is 9.05. The van der Waals surface area contributed by atoms with Crippen molar-refractivity contribution in [3.05, 3.63) is 35.9 Å². The fraction of sp³-hybridized carbons (Fsp3) is 0.579. The Morgan fingerprint density at radius 3 is 2.40 bits per heavy atom. The van der Waals surface area contributed by atoms with E-state index < -0.39 is 17.7 Å². The van der Waals surface area contributed by atoms with Gasteiger partial charge in [0.1, 0.15) is 6.04 Å². The molecule has 0 aromatic heterocycles. The molecule has 1 heterocycles. The van der Waals surface area contributed by atoms with Crippen molar-refractivity contribution in [2.45, 2.75) is 55.3 Å². The second-order valence-electron chi connectivity index (χ2n) is 7.63. The van der Waals surface area contributed by atoms with Gasteiger partial charge >= 0.3 is 0 Å². The minimum Gasteiger partial charge on any atom is -0.391 e. The predicted octanol–water partition coefficient (Wildman–Crippen LogP) is 0.506. The summed E-state index contributed by atoms with van der Waals surface area (Å²) in [4.78, 5) is 27.4. The number of carbonyl (C=O) groups is 2. The fourth-order valence-corrected chi connectivity index (χ4v) is 3.94. The van der Waals surface area contributed by atoms with E-state index in [0.29, 0.717) is 6.42 Å². The number of nitrogens with zero attached hydrogens (tertiary/aromatic N) is 1. The average molecular weight is 343 g/mol. The summed E-state index contributed by atoms with van der Waals surface area (Å²) in [5.74, 6) is -0.214. The van der Waals surface area contributed by atoms with E-state index in [0.717, 1.165) is 31.2 Å². The Balaban J connectivity index is 1.50. The summed E-state index contributed by atoms with van der Waals surface area (Å²) in [5.41, 5.74) is 0.272. The van der Waals surface area contributed by atoms with E-state index in [1.165, 1.54) is 0 Å². The van der Waals surface area contributed by atoms with Crippen molar-refractivity contribution in [3.63, 3.8) is 0 Å². The molecule has 0 radical (unpaired) electrons. The van der Waals surface area contributed by atoms with Crippen LogP contribution in [0.5, 0.6) is 0 Å². The molecule has 1 unspecified atom stereocenters. The first-order chi connectivity index (χ1) is 12.0. The zero-order chi connectivity index (χ0) is 17.7. The number of likely N-dealkylation sites (tertiary alicyclic amines) is 1. The second-order valence-corrected chi connectivity index (χ2v) is 7.63. The third kappa shape index (κ3) is 2.83. The molecule has 3 N–H and O–H groups in total. The lowest BCUT2D eigenvalue weighted by molar-refractivity contribution is -0.141. The van der Waals surface area contributed by atoms with Crippen molar-refractivity contribution in [2.75, 3.05) is 13.6 Å². The maximum Gasteiger partial charge on any atom is 0.243 e. The molecule has 6 heteroatoms. The molecule has 2 saturated carbocycles. The maximum atomic E-state index is 12.9. The average Bonchev–Trinajstić information content (AvgIpc) is 3.54. The van der Waals surface area contributed by atoms with E-state index in [-0.39, 0.29) is 23.9 Å². The van der Waals surface area contributed by atoms with E-state index in [9.17, 15) is 14.7 Å². The molecule has 2 atom stereocenters. The van der Waals surface area contributed by atoms with Gasteiger partial charge in [0.2, 0.25) is 11.8 Å². The number of β-amino-alcohol motifs (C(OH)–C–C–N with tert-alkyl or cyclic N) is 1. The molecule has 0 bridgehead atoms. The molecule has 2 aliphatic carbocycles. The summed E-state index contributed by atoms with van der Waals surface area (Å²) in [6.07, 6.45) is 3.06. The van der Waals surface area contributed by atoms with Crippen molar-refractivity contribution < 1.29 is 14.7 Å². The molecule has 4 rings (SSSR count). The molecule has 1 aromatic rings. The van der Waals surface area contributed by atoms with Crippen LogP contribution in [0.3, 0.4) is 0 Å². The largest absolute Gasteiger partial charge is 0.391 e. The van der Waals surface area contributed by atoms with E-state index in [1.807, 2.05) is 30.3 Å². The number of rotatable bonds is 5. The van der Waals surface area contributed by atoms with Gasteiger partial charge in [-0.05, 0) is 38.3 Å². The highest BCUT2D eigenvalue weighted by Crippen LogP contribution is 2.46. The number of carbonyl (C=O) groups excluding carboxylic acids is 2. The molecule has 0 spiro atoms. The number of aliphatic hydroxyl groups is 1. The van der Waals surface area contributed by atoms with Gasteiger partial charge < -0.3 is 20.6 Å². The molecule has 3 aliphatic rings. The zero-order valence-electron chi connectivity index (χ0n) is 14.5. The Hall–Kier alpha value is -1.92. The van der Waals surface area contributed by atoms with Crippen molar-refractivity contribution in [1.82, 2.24) is 15.5 Å². The Kier molecular flexibility index (Phi) is 3.85. The number of hydrogen-bond donors (Lipinski definition) is 3. The Morgan fingerprint density at radius 1 is 1.16 bits per heavy atom. The van der Waals surface area contributed by atoms with Crippen LogP contribution in [0.15, 0.2) is 30.3 Å². The topological polar surface area (TPSA) is 81.7 Å². The highest BCUT2D eigenvalue weighted by molar-refractivity contribution is 5.95. The number of likely N-dealkylation sites (N-methyl/N-ethyl adjacent to an activating group) is 1. The maximum absolute atomic E-state index is 12.9. The van der Waals surface area contributed by atoms with Crippen LogP contribution in [0.1, 0.15) is 37.7 Å². The normalized spacial score (nSPS) is 28.5. The molecular formula is C19H25N3O3. The molecule has 6 nitrogen and oxygen atoms in total. The summed E-state index contributed by atoms with van der Waals surface area (Å²) in [5, 5.41) is 16.3. The van der Waals surface area contributed by atoms with E-state index in [4.69, 9.17) is 0 Å². The van der Waals surface area contributed by atoms with Gasteiger partial charge in [0.25, 0.3) is 0 Å². The first-order valence-electron chi connectivity index (χ1n) is 9.05. The SMILES string of the molecule is CNC1(C(=O)N2CC(O)C[C@H]2C(=O)NC2(c3ccccc3)CC2)CC1. The number of hydrogen-bond acceptors (Lipinski definition) is 4. The lowest BCUT2D eigenvalue weighted by atomic mass is 10.0. The van der Waals surface area contributed by atoms with Gasteiger partial charge in [-0.25, -0.2) is 0 Å². The summed E-state index contributed by atoms with van der Waals surface area (Å²) in [6, 6.07) is 9.37. The minimum atomic E-state index is -0.640. The number of amides is 2. The smallest absolute Gasteiger partial charge is 0.243 e. The molecule has 1 aliphatic heterocycles. The molecule has 134 valence electrons. The number of nitrogens with one attached hydrogen (secondary N) is 2. The molecule has 1 saturated heterocycles. The summed E-state index contributed by atoms with van der Waals surface area (Å²) >= 11 is 0. The van der Waals surface area contributed by atoms with Crippen molar-refractivity contribution >= 4 is 11.8 Å². The standard InChI is InChI=1S/C19H25N3O3/c1-20-19(9-10-19)17(25)22-12-14(23)11-15(22)16(24)21-18(7-8-18)13-5-3-2-4-6-13/h2-6,14-15,20,23H,7-12H2,1H3,(H,21,24)/t14?,15-/m0/s1. The highest BCUT2D eigenvalue weighted by Gasteiger charge is 2.55. The molecule has 3 fully saturated rings. The molecule has 1 aromatic carbocycles.